The highest BCUT2D eigenvalue weighted by Crippen LogP contribution is 2.40. The number of hydrogen-bond acceptors (Lipinski definition) is 6. The predicted octanol–water partition coefficient (Wildman–Crippen LogP) is 2.42. The molecule has 0 radical (unpaired) electrons. The molecule has 28 heavy (non-hydrogen) atoms. The average Bonchev–Trinajstić information content (AvgIpc) is 2.68. The number of fused-ring (bicyclic) bond motifs is 2. The second-order valence-corrected chi connectivity index (χ2v) is 6.76. The van der Waals surface area contributed by atoms with Gasteiger partial charge in [0.2, 0.25) is 5.36 Å². The van der Waals surface area contributed by atoms with Crippen LogP contribution in [0.2, 0.25) is 0 Å². The molecule has 0 bridgehead atoms. The number of benzene rings is 2. The monoisotopic (exact) mass is 385 g/mol. The number of pyridine rings is 1. The molecule has 8 nitrogen and oxygen atoms in total. The lowest BCUT2D eigenvalue weighted by Crippen LogP contribution is -2.24. The first kappa shape index (κ1) is 19.6. The number of nitrogens with one attached hydrogen (secondary N) is 2. The molecule has 1 aliphatic carbocycles. The van der Waals surface area contributed by atoms with Gasteiger partial charge in [-0.2, -0.15) is 4.90 Å². The van der Waals surface area contributed by atoms with Crippen molar-refractivity contribution in [1.29, 1.82) is 0 Å². The van der Waals surface area contributed by atoms with Crippen molar-refractivity contribution < 1.29 is 9.47 Å². The van der Waals surface area contributed by atoms with Crippen molar-refractivity contribution in [2.75, 3.05) is 46.7 Å². The van der Waals surface area contributed by atoms with Gasteiger partial charge >= 0.3 is 0 Å². The van der Waals surface area contributed by atoms with E-state index in [1.807, 2.05) is 32.3 Å². The lowest BCUT2D eigenvalue weighted by atomic mass is 10.0. The smallest absolute Gasteiger partial charge is 0.234 e. The highest BCUT2D eigenvalue weighted by molar-refractivity contribution is 6.03. The Hall–Kier alpha value is -3.13. The molecular weight excluding hydrogens is 360 g/mol. The van der Waals surface area contributed by atoms with Crippen LogP contribution in [0.3, 0.4) is 0 Å². The van der Waals surface area contributed by atoms with E-state index in [2.05, 4.69) is 15.2 Å². The first-order chi connectivity index (χ1) is 13.5. The molecule has 1 aromatic rings. The van der Waals surface area contributed by atoms with Gasteiger partial charge in [-0.15, -0.1) is 0 Å². The Labute approximate surface area is 163 Å². The van der Waals surface area contributed by atoms with Crippen LogP contribution >= 0.6 is 0 Å². The minimum absolute atomic E-state index is 0.0203. The molecule has 2 N–H and O–H groups in total. The SMILES string of the molecule is COc1ccc(=[N+]([O-])[O-])c2c(NCCCN(C)C)c3cccc(OC)c3[nH]c1-2. The van der Waals surface area contributed by atoms with Crippen LogP contribution in [0.5, 0.6) is 11.5 Å². The van der Waals surface area contributed by atoms with Crippen LogP contribution in [0.4, 0.5) is 5.69 Å². The molecule has 0 spiro atoms. The topological polar surface area (TPSA) is 98.7 Å². The third-order valence-corrected chi connectivity index (χ3v) is 4.66. The number of nitrogens with zero attached hydrogens (tertiary/aromatic N) is 2. The van der Waals surface area contributed by atoms with Crippen LogP contribution in [0.1, 0.15) is 6.42 Å². The minimum Gasteiger partial charge on any atom is -0.612 e. The summed E-state index contributed by atoms with van der Waals surface area (Å²) in [5, 5.41) is 27.7. The molecule has 0 unspecified atom stereocenters. The van der Waals surface area contributed by atoms with E-state index >= 15 is 0 Å². The molecule has 0 saturated carbocycles. The van der Waals surface area contributed by atoms with Crippen molar-refractivity contribution >= 4 is 16.6 Å². The average molecular weight is 385 g/mol. The summed E-state index contributed by atoms with van der Waals surface area (Å²) in [5.41, 5.74) is 2.51. The highest BCUT2D eigenvalue weighted by Gasteiger charge is 2.23. The molecule has 0 saturated heterocycles. The zero-order valence-corrected chi connectivity index (χ0v) is 16.5. The molecule has 1 heterocycles. The molecule has 2 aliphatic rings. The quantitative estimate of drug-likeness (QED) is 0.368. The fraction of sp³-hybridized carbons (Fsp3) is 0.350. The van der Waals surface area contributed by atoms with Crippen molar-refractivity contribution in [2.24, 2.45) is 0 Å². The minimum atomic E-state index is -0.368. The standard InChI is InChI=1S/C20H25N4O4/c1-23(2)12-6-11-21-19-13-7-5-8-15(27-3)18(13)22-20-16(28-4)10-9-14(17(19)20)24(25)26/h5,7-10,21-22H,6,11-12H2,1-4H3/q-1. The van der Waals surface area contributed by atoms with Crippen LogP contribution in [0.15, 0.2) is 30.3 Å². The maximum absolute atomic E-state index is 11.7. The van der Waals surface area contributed by atoms with E-state index in [1.54, 1.807) is 20.3 Å². The Morgan fingerprint density at radius 1 is 1.07 bits per heavy atom. The number of hydrogen-bond donors (Lipinski definition) is 2. The van der Waals surface area contributed by atoms with Crippen LogP contribution in [-0.4, -0.2) is 51.3 Å². The van der Waals surface area contributed by atoms with E-state index in [0.29, 0.717) is 35.0 Å². The summed E-state index contributed by atoms with van der Waals surface area (Å²) in [6.07, 6.45) is 0.899. The summed E-state index contributed by atoms with van der Waals surface area (Å²) in [4.78, 5) is 5.02. The lowest BCUT2D eigenvalue weighted by Gasteiger charge is -2.21. The molecule has 0 aromatic heterocycles. The zero-order valence-electron chi connectivity index (χ0n) is 16.5. The van der Waals surface area contributed by atoms with Gasteiger partial charge in [0, 0.05) is 18.0 Å². The van der Waals surface area contributed by atoms with Gasteiger partial charge in [-0.1, -0.05) is 12.1 Å². The molecule has 8 heteroatoms. The zero-order chi connectivity index (χ0) is 20.3. The van der Waals surface area contributed by atoms with Gasteiger partial charge in [0.15, 0.2) is 0 Å². The van der Waals surface area contributed by atoms with Gasteiger partial charge in [-0.3, -0.25) is 0 Å². The van der Waals surface area contributed by atoms with E-state index in [1.165, 1.54) is 6.07 Å². The van der Waals surface area contributed by atoms with Gasteiger partial charge in [0.25, 0.3) is 0 Å². The number of aromatic amines is 1. The molecular formula is C20H25N4O4-. The number of rotatable bonds is 7. The summed E-state index contributed by atoms with van der Waals surface area (Å²) >= 11 is 0. The highest BCUT2D eigenvalue weighted by atomic mass is 16.8. The number of para-hydroxylation sites is 1. The summed E-state index contributed by atoms with van der Waals surface area (Å²) in [7, 11) is 7.18. The Kier molecular flexibility index (Phi) is 5.79. The third-order valence-electron chi connectivity index (χ3n) is 4.66. The Balaban J connectivity index is 2.31. The second kappa shape index (κ2) is 8.26. The molecule has 0 fully saturated rings. The maximum atomic E-state index is 11.7. The molecule has 0 atom stereocenters. The molecule has 1 aromatic carbocycles. The predicted molar refractivity (Wildman–Crippen MR) is 112 cm³/mol. The van der Waals surface area contributed by atoms with Gasteiger partial charge in [-0.25, -0.2) is 0 Å². The van der Waals surface area contributed by atoms with Crippen molar-refractivity contribution in [3.8, 4) is 22.8 Å². The van der Waals surface area contributed by atoms with E-state index in [-0.39, 0.29) is 10.3 Å². The van der Waals surface area contributed by atoms with Crippen molar-refractivity contribution in [3.63, 3.8) is 0 Å². The molecule has 1 aliphatic heterocycles. The fourth-order valence-electron chi connectivity index (χ4n) is 3.36. The van der Waals surface area contributed by atoms with Gasteiger partial charge < -0.3 is 35.1 Å². The lowest BCUT2D eigenvalue weighted by molar-refractivity contribution is 0.405. The first-order valence-electron chi connectivity index (χ1n) is 9.03. The summed E-state index contributed by atoms with van der Waals surface area (Å²) in [6.45, 7) is 1.59. The van der Waals surface area contributed by atoms with Crippen molar-refractivity contribution in [1.82, 2.24) is 14.8 Å². The normalized spacial score (nSPS) is 11.2. The van der Waals surface area contributed by atoms with Crippen LogP contribution in [-0.2, 0) is 0 Å². The fourth-order valence-corrected chi connectivity index (χ4v) is 3.36. The third kappa shape index (κ3) is 3.63. The Morgan fingerprint density at radius 3 is 2.46 bits per heavy atom. The number of ether oxygens (including phenoxy) is 2. The number of aromatic nitrogens is 1. The second-order valence-electron chi connectivity index (χ2n) is 6.76. The Morgan fingerprint density at radius 2 is 1.82 bits per heavy atom. The summed E-state index contributed by atoms with van der Waals surface area (Å²) < 4.78 is 11.0. The number of methoxy groups -OCH3 is 2. The van der Waals surface area contributed by atoms with E-state index in [4.69, 9.17) is 9.47 Å². The number of anilines is 1. The van der Waals surface area contributed by atoms with E-state index in [0.717, 1.165) is 23.9 Å². The number of H-pyrrole nitrogens is 1. The maximum Gasteiger partial charge on any atom is 0.234 e. The summed E-state index contributed by atoms with van der Waals surface area (Å²) in [6, 6.07) is 8.73. The summed E-state index contributed by atoms with van der Waals surface area (Å²) in [5.74, 6) is 1.19. The van der Waals surface area contributed by atoms with Crippen molar-refractivity contribution in [3.05, 3.63) is 46.1 Å². The molecule has 150 valence electrons. The van der Waals surface area contributed by atoms with Gasteiger partial charge in [0.1, 0.15) is 11.5 Å². The molecule has 3 rings (SSSR count). The van der Waals surface area contributed by atoms with Gasteiger partial charge in [-0.05, 0) is 39.2 Å². The van der Waals surface area contributed by atoms with Crippen LogP contribution < -0.4 is 25.0 Å². The Bertz CT molecular complexity index is 1010. The van der Waals surface area contributed by atoms with Crippen LogP contribution in [0.25, 0.3) is 22.2 Å². The largest absolute Gasteiger partial charge is 0.612 e. The van der Waals surface area contributed by atoms with E-state index < -0.39 is 0 Å². The van der Waals surface area contributed by atoms with Crippen LogP contribution in [0, 0.1) is 10.4 Å². The van der Waals surface area contributed by atoms with Crippen molar-refractivity contribution in [2.45, 2.75) is 6.42 Å². The first-order valence-corrected chi connectivity index (χ1v) is 9.03. The molecule has 0 amide bonds. The van der Waals surface area contributed by atoms with E-state index in [9.17, 15) is 10.4 Å². The van der Waals surface area contributed by atoms with Gasteiger partial charge in [0.05, 0.1) is 36.7 Å².